The van der Waals surface area contributed by atoms with E-state index < -0.39 is 0 Å². The van der Waals surface area contributed by atoms with E-state index in [-0.39, 0.29) is 0 Å². The van der Waals surface area contributed by atoms with E-state index in [1.165, 1.54) is 31.5 Å². The zero-order valence-corrected chi connectivity index (χ0v) is 11.9. The van der Waals surface area contributed by atoms with Gasteiger partial charge in [0.05, 0.1) is 13.2 Å². The molecular formula is C17H25NO. The molecule has 1 aliphatic heterocycles. The maximum Gasteiger partial charge on any atom is 0.0717 e. The highest BCUT2D eigenvalue weighted by molar-refractivity contribution is 5.13. The Morgan fingerprint density at radius 2 is 1.95 bits per heavy atom. The van der Waals surface area contributed by atoms with Crippen LogP contribution in [0.3, 0.4) is 0 Å². The van der Waals surface area contributed by atoms with Crippen molar-refractivity contribution in [2.75, 3.05) is 26.7 Å². The average Bonchev–Trinajstić information content (AvgIpc) is 2.46. The van der Waals surface area contributed by atoms with Crippen molar-refractivity contribution in [2.45, 2.75) is 25.9 Å². The molecule has 0 spiro atoms. The molecule has 1 saturated heterocycles. The van der Waals surface area contributed by atoms with E-state index in [4.69, 9.17) is 4.74 Å². The molecule has 0 aromatic heterocycles. The number of nitrogens with zero attached hydrogens (tertiary/aromatic N) is 1. The van der Waals surface area contributed by atoms with Gasteiger partial charge in [-0.15, -0.1) is 0 Å². The van der Waals surface area contributed by atoms with Crippen LogP contribution in [0.4, 0.5) is 0 Å². The van der Waals surface area contributed by atoms with Gasteiger partial charge < -0.3 is 9.64 Å². The number of piperidine rings is 1. The van der Waals surface area contributed by atoms with Gasteiger partial charge in [0.15, 0.2) is 0 Å². The van der Waals surface area contributed by atoms with E-state index in [2.05, 4.69) is 48.4 Å². The van der Waals surface area contributed by atoms with Gasteiger partial charge in [-0.1, -0.05) is 42.5 Å². The van der Waals surface area contributed by atoms with Crippen LogP contribution in [-0.2, 0) is 11.3 Å². The Kier molecular flexibility index (Phi) is 6.12. The number of hydrogen-bond donors (Lipinski definition) is 0. The van der Waals surface area contributed by atoms with Gasteiger partial charge in [-0.2, -0.15) is 0 Å². The van der Waals surface area contributed by atoms with E-state index in [9.17, 15) is 0 Å². The molecule has 104 valence electrons. The quantitative estimate of drug-likeness (QED) is 0.573. The van der Waals surface area contributed by atoms with Crippen LogP contribution in [0, 0.1) is 5.92 Å². The molecule has 19 heavy (non-hydrogen) atoms. The minimum absolute atomic E-state index is 0.725. The number of likely N-dealkylation sites (tertiary alicyclic amines) is 1. The first kappa shape index (κ1) is 14.3. The fraction of sp³-hybridized carbons (Fsp3) is 0.529. The van der Waals surface area contributed by atoms with E-state index in [0.29, 0.717) is 0 Å². The zero-order chi connectivity index (χ0) is 13.3. The Balaban J connectivity index is 1.54. The molecule has 0 unspecified atom stereocenters. The summed E-state index contributed by atoms with van der Waals surface area (Å²) in [6.07, 6.45) is 8.31. The van der Waals surface area contributed by atoms with Crippen LogP contribution in [0.15, 0.2) is 42.5 Å². The summed E-state index contributed by atoms with van der Waals surface area (Å²) in [6, 6.07) is 10.4. The molecule has 1 aromatic carbocycles. The molecule has 2 rings (SSSR count). The molecule has 0 bridgehead atoms. The molecule has 0 saturated carbocycles. The van der Waals surface area contributed by atoms with Crippen LogP contribution in [0.1, 0.15) is 24.8 Å². The lowest BCUT2D eigenvalue weighted by atomic mass is 9.96. The number of benzene rings is 1. The van der Waals surface area contributed by atoms with Gasteiger partial charge in [0.2, 0.25) is 0 Å². The Labute approximate surface area is 117 Å². The van der Waals surface area contributed by atoms with E-state index in [1.54, 1.807) is 0 Å². The van der Waals surface area contributed by atoms with Crippen LogP contribution in [0.2, 0.25) is 0 Å². The van der Waals surface area contributed by atoms with Crippen molar-refractivity contribution >= 4 is 0 Å². The first-order valence-corrected chi connectivity index (χ1v) is 7.31. The predicted octanol–water partition coefficient (Wildman–Crippen LogP) is 3.49. The third kappa shape index (κ3) is 5.58. The monoisotopic (exact) mass is 259 g/mol. The lowest BCUT2D eigenvalue weighted by Gasteiger charge is -2.26. The smallest absolute Gasteiger partial charge is 0.0717 e. The summed E-state index contributed by atoms with van der Waals surface area (Å²) in [6.45, 7) is 4.01. The van der Waals surface area contributed by atoms with Gasteiger partial charge in [-0.05, 0) is 50.9 Å². The first-order valence-electron chi connectivity index (χ1n) is 7.31. The molecule has 2 heteroatoms. The van der Waals surface area contributed by atoms with Gasteiger partial charge in [-0.25, -0.2) is 0 Å². The van der Waals surface area contributed by atoms with Crippen LogP contribution in [0.25, 0.3) is 0 Å². The van der Waals surface area contributed by atoms with E-state index in [0.717, 1.165) is 25.6 Å². The number of rotatable bonds is 6. The second-order valence-electron chi connectivity index (χ2n) is 5.40. The molecule has 0 aliphatic carbocycles. The highest BCUT2D eigenvalue weighted by Gasteiger charge is 2.13. The van der Waals surface area contributed by atoms with Crippen molar-refractivity contribution in [1.82, 2.24) is 4.90 Å². The molecule has 0 radical (unpaired) electrons. The summed E-state index contributed by atoms with van der Waals surface area (Å²) in [5, 5.41) is 0. The number of ether oxygens (including phenoxy) is 1. The SMILES string of the molecule is CN1CCC(/C=C\CCOCc2ccccc2)CC1. The third-order valence-corrected chi connectivity index (χ3v) is 3.71. The lowest BCUT2D eigenvalue weighted by molar-refractivity contribution is 0.125. The maximum absolute atomic E-state index is 5.67. The molecule has 0 atom stereocenters. The van der Waals surface area contributed by atoms with Crippen molar-refractivity contribution in [3.63, 3.8) is 0 Å². The van der Waals surface area contributed by atoms with Crippen molar-refractivity contribution in [2.24, 2.45) is 5.92 Å². The zero-order valence-electron chi connectivity index (χ0n) is 11.9. The summed E-state index contributed by atoms with van der Waals surface area (Å²) < 4.78 is 5.67. The minimum Gasteiger partial charge on any atom is -0.376 e. The minimum atomic E-state index is 0.725. The number of allylic oxidation sites excluding steroid dienone is 1. The average molecular weight is 259 g/mol. The van der Waals surface area contributed by atoms with Gasteiger partial charge in [-0.3, -0.25) is 0 Å². The fourth-order valence-corrected chi connectivity index (χ4v) is 2.43. The first-order chi connectivity index (χ1) is 9.34. The highest BCUT2D eigenvalue weighted by atomic mass is 16.5. The maximum atomic E-state index is 5.67. The van der Waals surface area contributed by atoms with Crippen molar-refractivity contribution in [1.29, 1.82) is 0 Å². The summed E-state index contributed by atoms with van der Waals surface area (Å²) in [7, 11) is 2.21. The summed E-state index contributed by atoms with van der Waals surface area (Å²) in [4.78, 5) is 2.41. The largest absolute Gasteiger partial charge is 0.376 e. The Morgan fingerprint density at radius 3 is 2.68 bits per heavy atom. The standard InChI is InChI=1S/C17H25NO/c1-18-12-10-16(11-13-18)7-5-6-14-19-15-17-8-3-2-4-9-17/h2-5,7-9,16H,6,10-15H2,1H3/b7-5-. The predicted molar refractivity (Wildman–Crippen MR) is 80.1 cm³/mol. The lowest BCUT2D eigenvalue weighted by Crippen LogP contribution is -2.29. The normalized spacial score (nSPS) is 18.2. The third-order valence-electron chi connectivity index (χ3n) is 3.71. The van der Waals surface area contributed by atoms with Crippen molar-refractivity contribution < 1.29 is 4.74 Å². The van der Waals surface area contributed by atoms with Crippen molar-refractivity contribution in [3.05, 3.63) is 48.0 Å². The molecule has 2 nitrogen and oxygen atoms in total. The molecular weight excluding hydrogens is 234 g/mol. The number of hydrogen-bond acceptors (Lipinski definition) is 2. The summed E-state index contributed by atoms with van der Waals surface area (Å²) in [5.74, 6) is 0.783. The summed E-state index contributed by atoms with van der Waals surface area (Å²) in [5.41, 5.74) is 1.25. The topological polar surface area (TPSA) is 12.5 Å². The molecule has 0 amide bonds. The van der Waals surface area contributed by atoms with Crippen LogP contribution >= 0.6 is 0 Å². The molecule has 1 aromatic rings. The van der Waals surface area contributed by atoms with Crippen LogP contribution < -0.4 is 0 Å². The molecule has 1 heterocycles. The second kappa shape index (κ2) is 8.13. The Hall–Kier alpha value is -1.12. The van der Waals surface area contributed by atoms with Crippen LogP contribution in [-0.4, -0.2) is 31.6 Å². The highest BCUT2D eigenvalue weighted by Crippen LogP contribution is 2.17. The van der Waals surface area contributed by atoms with E-state index in [1.807, 2.05) is 6.07 Å². The van der Waals surface area contributed by atoms with E-state index >= 15 is 0 Å². The van der Waals surface area contributed by atoms with Gasteiger partial charge in [0.1, 0.15) is 0 Å². The Morgan fingerprint density at radius 1 is 1.21 bits per heavy atom. The second-order valence-corrected chi connectivity index (χ2v) is 5.40. The van der Waals surface area contributed by atoms with Crippen LogP contribution in [0.5, 0.6) is 0 Å². The molecule has 0 N–H and O–H groups in total. The molecule has 1 fully saturated rings. The summed E-state index contributed by atoms with van der Waals surface area (Å²) >= 11 is 0. The fourth-order valence-electron chi connectivity index (χ4n) is 2.43. The Bertz CT molecular complexity index is 366. The molecule has 1 aliphatic rings. The van der Waals surface area contributed by atoms with Crippen molar-refractivity contribution in [3.8, 4) is 0 Å². The van der Waals surface area contributed by atoms with Gasteiger partial charge in [0, 0.05) is 0 Å². The van der Waals surface area contributed by atoms with Gasteiger partial charge in [0.25, 0.3) is 0 Å². The van der Waals surface area contributed by atoms with Gasteiger partial charge >= 0.3 is 0 Å².